The van der Waals surface area contributed by atoms with Crippen LogP contribution in [-0.2, 0) is 6.54 Å². The number of hydrogen-bond donors (Lipinski definition) is 1. The van der Waals surface area contributed by atoms with Crippen molar-refractivity contribution in [3.05, 3.63) is 23.9 Å². The van der Waals surface area contributed by atoms with Gasteiger partial charge < -0.3 is 10.6 Å². The summed E-state index contributed by atoms with van der Waals surface area (Å²) in [5.74, 6) is 0.588. The Labute approximate surface area is 85.9 Å². The number of nitrogens with zero attached hydrogens (tertiary/aromatic N) is 2. The predicted molar refractivity (Wildman–Crippen MR) is 59.9 cm³/mol. The first-order chi connectivity index (χ1) is 6.72. The summed E-state index contributed by atoms with van der Waals surface area (Å²) >= 11 is 0. The number of pyridine rings is 1. The first-order valence-corrected chi connectivity index (χ1v) is 5.11. The minimum Gasteiger partial charge on any atom is -0.384 e. The van der Waals surface area contributed by atoms with Gasteiger partial charge in [0.1, 0.15) is 5.82 Å². The Bertz CT molecular complexity index is 256. The minimum atomic E-state index is 0.588. The standard InChI is InChI=1S/C11H19N3/c1-3-4-7-14(2)9-10-5-6-11(12)13-8-10/h5-6,8H,3-4,7,9H2,1-2H3,(H2,12,13). The molecule has 0 spiro atoms. The second-order valence-electron chi connectivity index (χ2n) is 3.68. The van der Waals surface area contributed by atoms with Crippen molar-refractivity contribution in [2.75, 3.05) is 19.3 Å². The van der Waals surface area contributed by atoms with E-state index in [2.05, 4.69) is 23.9 Å². The van der Waals surface area contributed by atoms with Crippen molar-refractivity contribution in [2.45, 2.75) is 26.3 Å². The van der Waals surface area contributed by atoms with E-state index < -0.39 is 0 Å². The maximum Gasteiger partial charge on any atom is 0.123 e. The van der Waals surface area contributed by atoms with Crippen LogP contribution in [0.2, 0.25) is 0 Å². The molecule has 2 N–H and O–H groups in total. The molecule has 0 fully saturated rings. The summed E-state index contributed by atoms with van der Waals surface area (Å²) in [6.07, 6.45) is 4.33. The molecule has 1 aromatic rings. The van der Waals surface area contributed by atoms with Gasteiger partial charge in [-0.05, 0) is 31.6 Å². The third-order valence-electron chi connectivity index (χ3n) is 2.19. The van der Waals surface area contributed by atoms with E-state index in [1.165, 1.54) is 18.4 Å². The number of hydrogen-bond acceptors (Lipinski definition) is 3. The van der Waals surface area contributed by atoms with E-state index >= 15 is 0 Å². The van der Waals surface area contributed by atoms with Crippen molar-refractivity contribution in [2.24, 2.45) is 0 Å². The molecule has 0 bridgehead atoms. The molecule has 1 heterocycles. The fourth-order valence-electron chi connectivity index (χ4n) is 1.35. The normalized spacial score (nSPS) is 10.8. The highest BCUT2D eigenvalue weighted by Crippen LogP contribution is 2.04. The molecule has 0 aliphatic heterocycles. The highest BCUT2D eigenvalue weighted by molar-refractivity contribution is 5.29. The molecule has 78 valence electrons. The summed E-state index contributed by atoms with van der Waals surface area (Å²) in [4.78, 5) is 6.37. The Morgan fingerprint density at radius 1 is 1.43 bits per heavy atom. The molecular weight excluding hydrogens is 174 g/mol. The molecular formula is C11H19N3. The first-order valence-electron chi connectivity index (χ1n) is 5.11. The molecule has 0 amide bonds. The summed E-state index contributed by atoms with van der Waals surface area (Å²) in [5, 5.41) is 0. The quantitative estimate of drug-likeness (QED) is 0.776. The molecule has 3 heteroatoms. The maximum atomic E-state index is 5.51. The number of nitrogens with two attached hydrogens (primary N) is 1. The fourth-order valence-corrected chi connectivity index (χ4v) is 1.35. The molecule has 1 rings (SSSR count). The number of anilines is 1. The Morgan fingerprint density at radius 3 is 2.79 bits per heavy atom. The lowest BCUT2D eigenvalue weighted by atomic mass is 10.2. The molecule has 0 radical (unpaired) electrons. The molecule has 0 aromatic carbocycles. The van der Waals surface area contributed by atoms with Gasteiger partial charge in [-0.1, -0.05) is 19.4 Å². The summed E-state index contributed by atoms with van der Waals surface area (Å²) in [7, 11) is 2.13. The van der Waals surface area contributed by atoms with Gasteiger partial charge in [0.05, 0.1) is 0 Å². The highest BCUT2D eigenvalue weighted by Gasteiger charge is 1.99. The predicted octanol–water partition coefficient (Wildman–Crippen LogP) is 1.90. The second kappa shape index (κ2) is 5.60. The Hall–Kier alpha value is -1.09. The zero-order chi connectivity index (χ0) is 10.4. The van der Waals surface area contributed by atoms with Gasteiger partial charge in [-0.2, -0.15) is 0 Å². The average Bonchev–Trinajstić information content (AvgIpc) is 2.18. The summed E-state index contributed by atoms with van der Waals surface area (Å²) in [5.41, 5.74) is 6.73. The number of unbranched alkanes of at least 4 members (excludes halogenated alkanes) is 1. The van der Waals surface area contributed by atoms with Crippen molar-refractivity contribution in [1.29, 1.82) is 0 Å². The largest absolute Gasteiger partial charge is 0.384 e. The van der Waals surface area contributed by atoms with Crippen LogP contribution in [0.15, 0.2) is 18.3 Å². The SMILES string of the molecule is CCCCN(C)Cc1ccc(N)nc1. The Morgan fingerprint density at radius 2 is 2.21 bits per heavy atom. The van der Waals surface area contributed by atoms with Crippen LogP contribution in [0, 0.1) is 0 Å². The zero-order valence-electron chi connectivity index (χ0n) is 9.03. The van der Waals surface area contributed by atoms with Crippen LogP contribution in [0.25, 0.3) is 0 Å². The van der Waals surface area contributed by atoms with E-state index in [1.54, 1.807) is 0 Å². The van der Waals surface area contributed by atoms with Crippen molar-refractivity contribution in [3.63, 3.8) is 0 Å². The van der Waals surface area contributed by atoms with Gasteiger partial charge in [-0.3, -0.25) is 0 Å². The number of rotatable bonds is 5. The van der Waals surface area contributed by atoms with Gasteiger partial charge in [0.25, 0.3) is 0 Å². The summed E-state index contributed by atoms with van der Waals surface area (Å²) < 4.78 is 0. The zero-order valence-corrected chi connectivity index (χ0v) is 9.03. The van der Waals surface area contributed by atoms with Crippen LogP contribution in [0.5, 0.6) is 0 Å². The lowest BCUT2D eigenvalue weighted by Crippen LogP contribution is -2.18. The molecule has 1 aromatic heterocycles. The van der Waals surface area contributed by atoms with Crippen LogP contribution < -0.4 is 5.73 Å². The molecule has 0 atom stereocenters. The van der Waals surface area contributed by atoms with Gasteiger partial charge in [0, 0.05) is 12.7 Å². The van der Waals surface area contributed by atoms with E-state index in [9.17, 15) is 0 Å². The van der Waals surface area contributed by atoms with Gasteiger partial charge in [-0.15, -0.1) is 0 Å². The lowest BCUT2D eigenvalue weighted by molar-refractivity contribution is 0.320. The first kappa shape index (κ1) is 11.0. The second-order valence-corrected chi connectivity index (χ2v) is 3.68. The van der Waals surface area contributed by atoms with Crippen LogP contribution in [0.4, 0.5) is 5.82 Å². The summed E-state index contributed by atoms with van der Waals surface area (Å²) in [6, 6.07) is 3.88. The summed E-state index contributed by atoms with van der Waals surface area (Å²) in [6.45, 7) is 4.30. The van der Waals surface area contributed by atoms with Gasteiger partial charge in [0.2, 0.25) is 0 Å². The monoisotopic (exact) mass is 193 g/mol. The van der Waals surface area contributed by atoms with Gasteiger partial charge in [0.15, 0.2) is 0 Å². The van der Waals surface area contributed by atoms with Crippen molar-refractivity contribution in [3.8, 4) is 0 Å². The fraction of sp³-hybridized carbons (Fsp3) is 0.545. The van der Waals surface area contributed by atoms with E-state index in [4.69, 9.17) is 5.73 Å². The molecule has 0 aliphatic rings. The van der Waals surface area contributed by atoms with Crippen LogP contribution >= 0.6 is 0 Å². The van der Waals surface area contributed by atoms with Crippen molar-refractivity contribution < 1.29 is 0 Å². The van der Waals surface area contributed by atoms with Gasteiger partial charge in [-0.25, -0.2) is 4.98 Å². The van der Waals surface area contributed by atoms with Crippen molar-refractivity contribution >= 4 is 5.82 Å². The molecule has 0 aliphatic carbocycles. The topological polar surface area (TPSA) is 42.1 Å². The van der Waals surface area contributed by atoms with Crippen LogP contribution in [0.3, 0.4) is 0 Å². The van der Waals surface area contributed by atoms with E-state index in [1.807, 2.05) is 18.3 Å². The smallest absolute Gasteiger partial charge is 0.123 e. The van der Waals surface area contributed by atoms with Crippen LogP contribution in [0.1, 0.15) is 25.3 Å². The Kier molecular flexibility index (Phi) is 4.40. The third-order valence-corrected chi connectivity index (χ3v) is 2.19. The maximum absolute atomic E-state index is 5.51. The van der Waals surface area contributed by atoms with Gasteiger partial charge >= 0.3 is 0 Å². The minimum absolute atomic E-state index is 0.588. The number of nitrogen functional groups attached to an aromatic ring is 1. The average molecular weight is 193 g/mol. The molecule has 0 unspecified atom stereocenters. The molecule has 0 saturated heterocycles. The Balaban J connectivity index is 2.39. The molecule has 3 nitrogen and oxygen atoms in total. The molecule has 14 heavy (non-hydrogen) atoms. The van der Waals surface area contributed by atoms with E-state index in [0.29, 0.717) is 5.82 Å². The lowest BCUT2D eigenvalue weighted by Gasteiger charge is -2.15. The molecule has 0 saturated carbocycles. The van der Waals surface area contributed by atoms with Crippen LogP contribution in [-0.4, -0.2) is 23.5 Å². The number of aromatic nitrogens is 1. The third kappa shape index (κ3) is 3.75. The van der Waals surface area contributed by atoms with E-state index in [-0.39, 0.29) is 0 Å². The van der Waals surface area contributed by atoms with Crippen molar-refractivity contribution in [1.82, 2.24) is 9.88 Å². The highest BCUT2D eigenvalue weighted by atomic mass is 15.1. The van der Waals surface area contributed by atoms with E-state index in [0.717, 1.165) is 13.1 Å².